The Kier molecular flexibility index (Phi) is 2.37. The smallest absolute Gasteiger partial charge is 0.143 e. The molecule has 0 amide bonds. The maximum absolute atomic E-state index is 8.66. The van der Waals surface area contributed by atoms with Gasteiger partial charge in [-0.2, -0.15) is 10.5 Å². The third-order valence-corrected chi connectivity index (χ3v) is 1.61. The Labute approximate surface area is 75.8 Å². The zero-order valence-electron chi connectivity index (χ0n) is 7.03. The first kappa shape index (κ1) is 8.89. The average molecular weight is 173 g/mol. The number of rotatable bonds is 1. The van der Waals surface area contributed by atoms with E-state index in [2.05, 4.69) is 0 Å². The monoisotopic (exact) mass is 173 g/mol. The first-order valence-corrected chi connectivity index (χ1v) is 3.50. The van der Waals surface area contributed by atoms with Crippen molar-refractivity contribution in [3.63, 3.8) is 0 Å². The van der Waals surface area contributed by atoms with Gasteiger partial charge in [0.05, 0.1) is 23.9 Å². The number of nitrogen functional groups attached to an aromatic ring is 1. The Morgan fingerprint density at radius 1 is 1.23 bits per heavy atom. The Hall–Kier alpha value is -2.20. The largest absolute Gasteiger partial charge is 0.495 e. The third kappa shape index (κ3) is 1.52. The SMILES string of the molecule is COc1cc(C#N)c(C#N)cc1N. The van der Waals surface area contributed by atoms with Crippen LogP contribution >= 0.6 is 0 Å². The van der Waals surface area contributed by atoms with Crippen LogP contribution in [0.15, 0.2) is 12.1 Å². The van der Waals surface area contributed by atoms with E-state index in [1.807, 2.05) is 12.1 Å². The van der Waals surface area contributed by atoms with E-state index in [0.717, 1.165) is 0 Å². The molecule has 4 heteroatoms. The number of hydrogen-bond donors (Lipinski definition) is 1. The van der Waals surface area contributed by atoms with Crippen molar-refractivity contribution in [1.29, 1.82) is 10.5 Å². The summed E-state index contributed by atoms with van der Waals surface area (Å²) in [6, 6.07) is 6.65. The zero-order chi connectivity index (χ0) is 9.84. The molecule has 0 saturated heterocycles. The Balaban J connectivity index is 3.39. The lowest BCUT2D eigenvalue weighted by Crippen LogP contribution is -1.95. The van der Waals surface area contributed by atoms with Crippen LogP contribution < -0.4 is 10.5 Å². The third-order valence-electron chi connectivity index (χ3n) is 1.61. The molecule has 0 spiro atoms. The van der Waals surface area contributed by atoms with Gasteiger partial charge < -0.3 is 10.5 Å². The first-order valence-electron chi connectivity index (χ1n) is 3.50. The standard InChI is InChI=1S/C9H7N3O/c1-13-9-3-7(5-11)6(4-10)2-8(9)12/h2-3H,12H2,1H3. The van der Waals surface area contributed by atoms with E-state index in [1.165, 1.54) is 19.2 Å². The molecule has 0 aliphatic carbocycles. The van der Waals surface area contributed by atoms with E-state index in [-0.39, 0.29) is 11.1 Å². The Morgan fingerprint density at radius 3 is 2.23 bits per heavy atom. The van der Waals surface area contributed by atoms with E-state index < -0.39 is 0 Å². The summed E-state index contributed by atoms with van der Waals surface area (Å²) in [5, 5.41) is 17.3. The highest BCUT2D eigenvalue weighted by atomic mass is 16.5. The number of nitriles is 2. The second-order valence-electron chi connectivity index (χ2n) is 2.36. The van der Waals surface area contributed by atoms with E-state index in [4.69, 9.17) is 21.0 Å². The minimum atomic E-state index is 0.265. The first-order chi connectivity index (χ1) is 6.22. The van der Waals surface area contributed by atoms with Crippen molar-refractivity contribution in [2.75, 3.05) is 12.8 Å². The van der Waals surface area contributed by atoms with Crippen LogP contribution in [0.4, 0.5) is 5.69 Å². The summed E-state index contributed by atoms with van der Waals surface area (Å²) in [5.74, 6) is 0.413. The molecule has 64 valence electrons. The number of nitrogens with two attached hydrogens (primary N) is 1. The van der Waals surface area contributed by atoms with Crippen LogP contribution in [0.2, 0.25) is 0 Å². The molecule has 1 rings (SSSR count). The summed E-state index contributed by atoms with van der Waals surface area (Å²) in [7, 11) is 1.46. The lowest BCUT2D eigenvalue weighted by molar-refractivity contribution is 0.417. The van der Waals surface area contributed by atoms with Gasteiger partial charge in [0.15, 0.2) is 0 Å². The highest BCUT2D eigenvalue weighted by Gasteiger charge is 2.06. The van der Waals surface area contributed by atoms with Gasteiger partial charge in [-0.15, -0.1) is 0 Å². The minimum absolute atomic E-state index is 0.265. The van der Waals surface area contributed by atoms with Crippen LogP contribution in [0.25, 0.3) is 0 Å². The number of hydrogen-bond acceptors (Lipinski definition) is 4. The van der Waals surface area contributed by atoms with Crippen molar-refractivity contribution in [2.24, 2.45) is 0 Å². The predicted molar refractivity (Wildman–Crippen MR) is 46.8 cm³/mol. The molecule has 0 fully saturated rings. The average Bonchev–Trinajstić information content (AvgIpc) is 2.17. The molecule has 0 bridgehead atoms. The second kappa shape index (κ2) is 3.46. The molecule has 0 radical (unpaired) electrons. The van der Waals surface area contributed by atoms with Crippen molar-refractivity contribution in [1.82, 2.24) is 0 Å². The fourth-order valence-corrected chi connectivity index (χ4v) is 0.958. The number of ether oxygens (including phenoxy) is 1. The van der Waals surface area contributed by atoms with Gasteiger partial charge in [-0.25, -0.2) is 0 Å². The molecule has 0 aromatic heterocycles. The normalized spacial score (nSPS) is 8.54. The molecule has 0 heterocycles. The van der Waals surface area contributed by atoms with Crippen molar-refractivity contribution in [2.45, 2.75) is 0 Å². The highest BCUT2D eigenvalue weighted by molar-refractivity contribution is 5.62. The molecule has 0 saturated carbocycles. The van der Waals surface area contributed by atoms with Crippen molar-refractivity contribution < 1.29 is 4.74 Å². The van der Waals surface area contributed by atoms with Gasteiger partial charge in [0.25, 0.3) is 0 Å². The van der Waals surface area contributed by atoms with Gasteiger partial charge in [-0.05, 0) is 6.07 Å². The van der Waals surface area contributed by atoms with Crippen molar-refractivity contribution in [3.8, 4) is 17.9 Å². The summed E-state index contributed by atoms with van der Waals surface area (Å²) in [6.07, 6.45) is 0. The molecule has 0 unspecified atom stereocenters. The molecule has 0 aliphatic rings. The van der Waals surface area contributed by atoms with E-state index in [9.17, 15) is 0 Å². The fraction of sp³-hybridized carbons (Fsp3) is 0.111. The minimum Gasteiger partial charge on any atom is -0.495 e. The summed E-state index contributed by atoms with van der Waals surface area (Å²) < 4.78 is 4.90. The van der Waals surface area contributed by atoms with Crippen molar-refractivity contribution >= 4 is 5.69 Å². The molecule has 0 atom stereocenters. The van der Waals surface area contributed by atoms with Crippen LogP contribution in [0.3, 0.4) is 0 Å². The quantitative estimate of drug-likeness (QED) is 0.642. The van der Waals surface area contributed by atoms with Gasteiger partial charge in [0.2, 0.25) is 0 Å². The van der Waals surface area contributed by atoms with Crippen molar-refractivity contribution in [3.05, 3.63) is 23.3 Å². The molecular weight excluding hydrogens is 166 g/mol. The molecule has 4 nitrogen and oxygen atoms in total. The van der Waals surface area contributed by atoms with Crippen LogP contribution in [0.5, 0.6) is 5.75 Å². The maximum Gasteiger partial charge on any atom is 0.143 e. The molecule has 13 heavy (non-hydrogen) atoms. The van der Waals surface area contributed by atoms with E-state index in [1.54, 1.807) is 0 Å². The van der Waals surface area contributed by atoms with Crippen LogP contribution in [0.1, 0.15) is 11.1 Å². The van der Waals surface area contributed by atoms with Gasteiger partial charge >= 0.3 is 0 Å². The zero-order valence-corrected chi connectivity index (χ0v) is 7.03. The van der Waals surface area contributed by atoms with Crippen LogP contribution in [0, 0.1) is 22.7 Å². The number of benzene rings is 1. The molecule has 2 N–H and O–H groups in total. The summed E-state index contributed by atoms with van der Waals surface area (Å²) in [4.78, 5) is 0. The van der Waals surface area contributed by atoms with E-state index >= 15 is 0 Å². The summed E-state index contributed by atoms with van der Waals surface area (Å²) in [6.45, 7) is 0. The molecular formula is C9H7N3O. The molecule has 1 aromatic rings. The number of methoxy groups -OCH3 is 1. The number of anilines is 1. The molecule has 1 aromatic carbocycles. The van der Waals surface area contributed by atoms with Crippen LogP contribution in [-0.2, 0) is 0 Å². The van der Waals surface area contributed by atoms with Gasteiger partial charge in [0, 0.05) is 6.07 Å². The lowest BCUT2D eigenvalue weighted by Gasteiger charge is -2.04. The Morgan fingerprint density at radius 2 is 1.77 bits per heavy atom. The predicted octanol–water partition coefficient (Wildman–Crippen LogP) is 1.02. The fourth-order valence-electron chi connectivity index (χ4n) is 0.958. The van der Waals surface area contributed by atoms with Gasteiger partial charge in [0.1, 0.15) is 17.9 Å². The Bertz CT molecular complexity index is 412. The van der Waals surface area contributed by atoms with Gasteiger partial charge in [-0.1, -0.05) is 0 Å². The highest BCUT2D eigenvalue weighted by Crippen LogP contribution is 2.24. The maximum atomic E-state index is 8.66. The summed E-state index contributed by atoms with van der Waals surface area (Å²) >= 11 is 0. The molecule has 0 aliphatic heterocycles. The second-order valence-corrected chi connectivity index (χ2v) is 2.36. The summed E-state index contributed by atoms with van der Waals surface area (Å²) in [5.41, 5.74) is 6.44. The lowest BCUT2D eigenvalue weighted by atomic mass is 10.1. The van der Waals surface area contributed by atoms with Crippen LogP contribution in [-0.4, -0.2) is 7.11 Å². The van der Waals surface area contributed by atoms with E-state index in [0.29, 0.717) is 11.4 Å². The number of nitrogens with zero attached hydrogens (tertiary/aromatic N) is 2. The topological polar surface area (TPSA) is 82.8 Å². The van der Waals surface area contributed by atoms with Gasteiger partial charge in [-0.3, -0.25) is 0 Å².